The van der Waals surface area contributed by atoms with E-state index < -0.39 is 28.5 Å². The average molecular weight is 566 g/mol. The van der Waals surface area contributed by atoms with E-state index in [4.69, 9.17) is 4.74 Å². The summed E-state index contributed by atoms with van der Waals surface area (Å²) in [4.78, 5) is 29.2. The molecule has 0 aliphatic carbocycles. The third-order valence-electron chi connectivity index (χ3n) is 6.74. The number of hydrogen-bond acceptors (Lipinski definition) is 5. The van der Waals surface area contributed by atoms with Crippen LogP contribution in [-0.2, 0) is 32.6 Å². The fraction of sp³-hybridized carbons (Fsp3) is 0.355. The fourth-order valence-electron chi connectivity index (χ4n) is 4.39. The van der Waals surface area contributed by atoms with Crippen molar-refractivity contribution in [1.82, 2.24) is 10.2 Å². The SMILES string of the molecule is CCCCNC(=O)[C@@H](Cc1ccccc1)N(Cc1ccccc1C)C(=O)CN(c1ccc(OC)cc1)S(C)(=O)=O. The number of rotatable bonds is 14. The van der Waals surface area contributed by atoms with E-state index in [-0.39, 0.29) is 18.9 Å². The maximum atomic E-state index is 14.1. The number of benzene rings is 3. The van der Waals surface area contributed by atoms with Gasteiger partial charge in [0.05, 0.1) is 19.1 Å². The number of ether oxygens (including phenoxy) is 1. The van der Waals surface area contributed by atoms with Crippen molar-refractivity contribution >= 4 is 27.5 Å². The van der Waals surface area contributed by atoms with E-state index in [1.54, 1.807) is 24.3 Å². The summed E-state index contributed by atoms with van der Waals surface area (Å²) in [5.41, 5.74) is 3.08. The summed E-state index contributed by atoms with van der Waals surface area (Å²) in [5, 5.41) is 2.99. The number of sulfonamides is 1. The summed E-state index contributed by atoms with van der Waals surface area (Å²) in [7, 11) is -2.30. The summed E-state index contributed by atoms with van der Waals surface area (Å²) in [6.45, 7) is 4.19. The van der Waals surface area contributed by atoms with Gasteiger partial charge in [-0.05, 0) is 54.3 Å². The minimum atomic E-state index is -3.83. The molecule has 1 N–H and O–H groups in total. The second-order valence-electron chi connectivity index (χ2n) is 9.77. The highest BCUT2D eigenvalue weighted by atomic mass is 32.2. The van der Waals surface area contributed by atoms with Crippen molar-refractivity contribution in [2.45, 2.75) is 45.7 Å². The first kappa shape index (κ1) is 30.7. The van der Waals surface area contributed by atoms with Gasteiger partial charge in [0.25, 0.3) is 0 Å². The summed E-state index contributed by atoms with van der Waals surface area (Å²) in [6, 6.07) is 22.8. The highest BCUT2D eigenvalue weighted by molar-refractivity contribution is 7.92. The van der Waals surface area contributed by atoms with Gasteiger partial charge >= 0.3 is 0 Å². The fourth-order valence-corrected chi connectivity index (χ4v) is 5.24. The van der Waals surface area contributed by atoms with Crippen molar-refractivity contribution in [2.75, 3.05) is 30.8 Å². The lowest BCUT2D eigenvalue weighted by Crippen LogP contribution is -2.53. The smallest absolute Gasteiger partial charge is 0.244 e. The van der Waals surface area contributed by atoms with Crippen molar-refractivity contribution in [3.05, 3.63) is 95.6 Å². The Labute approximate surface area is 238 Å². The predicted octanol–water partition coefficient (Wildman–Crippen LogP) is 4.33. The Bertz CT molecular complexity index is 1360. The molecule has 3 rings (SSSR count). The summed E-state index contributed by atoms with van der Waals surface area (Å²) in [6.07, 6.45) is 3.09. The molecule has 0 saturated heterocycles. The molecule has 0 heterocycles. The van der Waals surface area contributed by atoms with Crippen LogP contribution in [0.3, 0.4) is 0 Å². The zero-order valence-corrected chi connectivity index (χ0v) is 24.5. The first-order valence-electron chi connectivity index (χ1n) is 13.4. The first-order valence-corrected chi connectivity index (χ1v) is 15.3. The van der Waals surface area contributed by atoms with Crippen LogP contribution in [0.4, 0.5) is 5.69 Å². The van der Waals surface area contributed by atoms with E-state index in [0.717, 1.165) is 40.1 Å². The molecule has 40 heavy (non-hydrogen) atoms. The molecule has 0 aromatic heterocycles. The summed E-state index contributed by atoms with van der Waals surface area (Å²) in [5.74, 6) is -0.179. The molecule has 3 aromatic carbocycles. The molecule has 8 nitrogen and oxygen atoms in total. The Hall–Kier alpha value is -3.85. The highest BCUT2D eigenvalue weighted by Gasteiger charge is 2.33. The van der Waals surface area contributed by atoms with Gasteiger partial charge in [0.15, 0.2) is 0 Å². The number of aryl methyl sites for hydroxylation is 1. The summed E-state index contributed by atoms with van der Waals surface area (Å²) < 4.78 is 32.0. The van der Waals surface area contributed by atoms with Crippen molar-refractivity contribution in [3.8, 4) is 5.75 Å². The largest absolute Gasteiger partial charge is 0.497 e. The molecule has 1 atom stereocenters. The standard InChI is InChI=1S/C31H39N3O5S/c1-5-6-20-32-31(36)29(21-25-13-8-7-9-14-25)33(22-26-15-11-10-12-24(26)2)30(35)23-34(40(4,37)38)27-16-18-28(39-3)19-17-27/h7-19,29H,5-6,20-23H2,1-4H3,(H,32,36)/t29-/m1/s1. The van der Waals surface area contributed by atoms with Gasteiger partial charge in [0, 0.05) is 19.5 Å². The van der Waals surface area contributed by atoms with Gasteiger partial charge in [0.1, 0.15) is 18.3 Å². The Morgan fingerprint density at radius 1 is 0.950 bits per heavy atom. The zero-order chi connectivity index (χ0) is 29.1. The molecule has 0 saturated carbocycles. The van der Waals surface area contributed by atoms with E-state index in [9.17, 15) is 18.0 Å². The quantitative estimate of drug-likeness (QED) is 0.294. The van der Waals surface area contributed by atoms with Crippen LogP contribution >= 0.6 is 0 Å². The van der Waals surface area contributed by atoms with E-state index in [1.807, 2.05) is 68.4 Å². The van der Waals surface area contributed by atoms with Crippen LogP contribution in [0.5, 0.6) is 5.75 Å². The van der Waals surface area contributed by atoms with Crippen LogP contribution in [0.2, 0.25) is 0 Å². The molecule has 0 unspecified atom stereocenters. The van der Waals surface area contributed by atoms with Gasteiger partial charge in [-0.3, -0.25) is 13.9 Å². The molecule has 9 heteroatoms. The molecular weight excluding hydrogens is 526 g/mol. The molecule has 3 aromatic rings. The Morgan fingerprint density at radius 2 is 1.60 bits per heavy atom. The number of amides is 2. The lowest BCUT2D eigenvalue weighted by molar-refractivity contribution is -0.140. The Balaban J connectivity index is 2.03. The van der Waals surface area contributed by atoms with Crippen LogP contribution in [-0.4, -0.2) is 57.6 Å². The third kappa shape index (κ3) is 8.58. The van der Waals surface area contributed by atoms with Gasteiger partial charge in [-0.15, -0.1) is 0 Å². The molecule has 0 aliphatic heterocycles. The highest BCUT2D eigenvalue weighted by Crippen LogP contribution is 2.23. The average Bonchev–Trinajstić information content (AvgIpc) is 2.94. The van der Waals surface area contributed by atoms with Gasteiger partial charge in [-0.2, -0.15) is 0 Å². The second-order valence-corrected chi connectivity index (χ2v) is 11.7. The van der Waals surface area contributed by atoms with E-state index >= 15 is 0 Å². The summed E-state index contributed by atoms with van der Waals surface area (Å²) >= 11 is 0. The maximum Gasteiger partial charge on any atom is 0.244 e. The minimum absolute atomic E-state index is 0.157. The molecule has 0 aliphatic rings. The lowest BCUT2D eigenvalue weighted by Gasteiger charge is -2.34. The molecule has 0 radical (unpaired) electrons. The molecular formula is C31H39N3O5S. The van der Waals surface area contributed by atoms with Crippen molar-refractivity contribution in [1.29, 1.82) is 0 Å². The van der Waals surface area contributed by atoms with Crippen molar-refractivity contribution < 1.29 is 22.7 Å². The van der Waals surface area contributed by atoms with Crippen LogP contribution < -0.4 is 14.4 Å². The number of methoxy groups -OCH3 is 1. The predicted molar refractivity (Wildman–Crippen MR) is 159 cm³/mol. The van der Waals surface area contributed by atoms with Crippen LogP contribution in [0, 0.1) is 6.92 Å². The van der Waals surface area contributed by atoms with E-state index in [0.29, 0.717) is 18.0 Å². The molecule has 0 bridgehead atoms. The first-order chi connectivity index (χ1) is 19.1. The molecule has 0 fully saturated rings. The number of hydrogen-bond donors (Lipinski definition) is 1. The van der Waals surface area contributed by atoms with Crippen LogP contribution in [0.25, 0.3) is 0 Å². The second kappa shape index (κ2) is 14.5. The number of unbranched alkanes of at least 4 members (excludes halogenated alkanes) is 1. The van der Waals surface area contributed by atoms with Crippen molar-refractivity contribution in [3.63, 3.8) is 0 Å². The maximum absolute atomic E-state index is 14.1. The normalized spacial score (nSPS) is 11.9. The molecule has 214 valence electrons. The number of carbonyl (C=O) groups is 2. The number of nitrogens with zero attached hydrogens (tertiary/aromatic N) is 2. The number of carbonyl (C=O) groups excluding carboxylic acids is 2. The van der Waals surface area contributed by atoms with Gasteiger partial charge in [-0.1, -0.05) is 67.9 Å². The zero-order valence-electron chi connectivity index (χ0n) is 23.7. The monoisotopic (exact) mass is 565 g/mol. The van der Waals surface area contributed by atoms with Crippen LogP contribution in [0.15, 0.2) is 78.9 Å². The molecule has 0 spiro atoms. The van der Waals surface area contributed by atoms with Crippen molar-refractivity contribution in [2.24, 2.45) is 0 Å². The molecule has 2 amide bonds. The topological polar surface area (TPSA) is 96.0 Å². The van der Waals surface area contributed by atoms with E-state index in [2.05, 4.69) is 5.32 Å². The number of anilines is 1. The lowest BCUT2D eigenvalue weighted by atomic mass is 10.0. The van der Waals surface area contributed by atoms with Gasteiger partial charge in [-0.25, -0.2) is 8.42 Å². The van der Waals surface area contributed by atoms with Gasteiger partial charge < -0.3 is 15.0 Å². The Morgan fingerprint density at radius 3 is 2.20 bits per heavy atom. The van der Waals surface area contributed by atoms with E-state index in [1.165, 1.54) is 12.0 Å². The number of nitrogens with one attached hydrogen (secondary N) is 1. The minimum Gasteiger partial charge on any atom is -0.497 e. The van der Waals surface area contributed by atoms with Gasteiger partial charge in [0.2, 0.25) is 21.8 Å². The third-order valence-corrected chi connectivity index (χ3v) is 7.88. The Kier molecular flexibility index (Phi) is 11.1. The van der Waals surface area contributed by atoms with Crippen LogP contribution in [0.1, 0.15) is 36.5 Å².